The molecule has 39 heavy (non-hydrogen) atoms. The summed E-state index contributed by atoms with van der Waals surface area (Å²) in [5, 5.41) is 12.9. The number of halogens is 3. The average Bonchev–Trinajstić information content (AvgIpc) is 3.27. The number of aliphatic hydroxyl groups is 1. The molecule has 4 nitrogen and oxygen atoms in total. The Morgan fingerprint density at radius 1 is 1.08 bits per heavy atom. The maximum atomic E-state index is 11.6. The van der Waals surface area contributed by atoms with Crippen molar-refractivity contribution in [3.8, 4) is 11.3 Å². The van der Waals surface area contributed by atoms with E-state index in [-0.39, 0.29) is 31.6 Å². The van der Waals surface area contributed by atoms with E-state index < -0.39 is 23.6 Å². The first-order valence-corrected chi connectivity index (χ1v) is 13.2. The predicted molar refractivity (Wildman–Crippen MR) is 149 cm³/mol. The summed E-state index contributed by atoms with van der Waals surface area (Å²) in [6.07, 6.45) is -2.94. The van der Waals surface area contributed by atoms with Crippen molar-refractivity contribution in [3.05, 3.63) is 71.1 Å². The van der Waals surface area contributed by atoms with Crippen molar-refractivity contribution in [2.75, 3.05) is 0 Å². The Morgan fingerprint density at radius 2 is 1.72 bits per heavy atom. The van der Waals surface area contributed by atoms with E-state index in [1.807, 2.05) is 0 Å². The Balaban J connectivity index is 0.000000352. The number of hydrogen-bond acceptors (Lipinski definition) is 5. The third-order valence-corrected chi connectivity index (χ3v) is 6.97. The molecule has 211 valence electrons. The fourth-order valence-electron chi connectivity index (χ4n) is 3.83. The second-order valence-electron chi connectivity index (χ2n) is 10.7. The van der Waals surface area contributed by atoms with Crippen LogP contribution < -0.4 is 0 Å². The first-order chi connectivity index (χ1) is 17.6. The topological polar surface area (TPSA) is 63.1 Å². The number of benzene rings is 2. The molecule has 0 aliphatic carbocycles. The Kier molecular flexibility index (Phi) is 10.6. The van der Waals surface area contributed by atoms with E-state index in [0.717, 1.165) is 26.9 Å². The van der Waals surface area contributed by atoms with Crippen molar-refractivity contribution in [1.82, 2.24) is 9.97 Å². The van der Waals surface area contributed by atoms with Crippen LogP contribution in [0, 0.1) is 12.0 Å². The van der Waals surface area contributed by atoms with E-state index in [1.54, 1.807) is 17.7 Å². The van der Waals surface area contributed by atoms with Gasteiger partial charge in [0.1, 0.15) is 6.33 Å². The number of allylic oxidation sites excluding steroid dienone is 2. The number of rotatable bonds is 4. The number of carbonyl (C=O) groups excluding carboxylic acids is 1. The molecule has 0 saturated carbocycles. The smallest absolute Gasteiger partial charge is 0.448 e. The molecule has 0 fully saturated rings. The van der Waals surface area contributed by atoms with Crippen LogP contribution >= 0.6 is 11.3 Å². The summed E-state index contributed by atoms with van der Waals surface area (Å²) in [5.41, 5.74) is 5.80. The number of nitrogens with zero attached hydrogens (tertiary/aromatic N) is 2. The molecule has 4 rings (SSSR count). The zero-order valence-electron chi connectivity index (χ0n) is 22.9. The third kappa shape index (κ3) is 7.74. The summed E-state index contributed by atoms with van der Waals surface area (Å²) >= 11 is 1.74. The van der Waals surface area contributed by atoms with Crippen LogP contribution in [0.2, 0.25) is 0 Å². The van der Waals surface area contributed by atoms with Crippen molar-refractivity contribution in [3.63, 3.8) is 0 Å². The predicted octanol–water partition coefficient (Wildman–Crippen LogP) is 8.95. The fraction of sp³-hybridized carbons (Fsp3) is 0.367. The molecular weight excluding hydrogens is 702 g/mol. The molecule has 0 aliphatic rings. The number of ketones is 1. The minimum Gasteiger partial charge on any atom is -0.504 e. The van der Waals surface area contributed by atoms with E-state index in [1.165, 1.54) is 30.4 Å². The van der Waals surface area contributed by atoms with Crippen LogP contribution in [0.15, 0.2) is 53.9 Å². The summed E-state index contributed by atoms with van der Waals surface area (Å²) in [7, 11) is 0. The van der Waals surface area contributed by atoms with Crippen molar-refractivity contribution in [1.29, 1.82) is 0 Å². The number of aliphatic hydroxyl groups excluding tert-OH is 1. The van der Waals surface area contributed by atoms with Crippen LogP contribution in [-0.4, -0.2) is 27.0 Å². The molecule has 0 spiro atoms. The largest absolute Gasteiger partial charge is 0.504 e. The van der Waals surface area contributed by atoms with Crippen LogP contribution in [0.3, 0.4) is 0 Å². The molecular formula is C30H32F3IrN2O2S-. The first kappa shape index (κ1) is 32.6. The van der Waals surface area contributed by atoms with Gasteiger partial charge in [-0.2, -0.15) is 13.2 Å². The SMILES string of the molecule is CC(C)C(=O)/C=C(\O)C(F)(F)F.CC(C)c1csc2c(-c3[c-]c4ccccc4c(C(C)(C)C)c3)ncnc12.[Ir]. The minimum atomic E-state index is -4.83. The van der Waals surface area contributed by atoms with Gasteiger partial charge in [0.05, 0.1) is 5.52 Å². The van der Waals surface area contributed by atoms with Gasteiger partial charge < -0.3 is 5.11 Å². The summed E-state index contributed by atoms with van der Waals surface area (Å²) in [6.45, 7) is 14.1. The van der Waals surface area contributed by atoms with Gasteiger partial charge in [0.2, 0.25) is 5.76 Å². The standard InChI is InChI=1S/C23H23N2S.C7H9F3O2.Ir/c1-14(2)18-12-26-22-20(24-13-25-21(18)22)16-10-15-8-6-7-9-17(15)19(11-16)23(3,4)5;1-4(2)5(11)3-6(12)7(8,9)10;/h6-9,11-14H,1-5H3;3-4,12H,1-2H3;/q-1;;/b;6-3-;. The second kappa shape index (κ2) is 12.7. The van der Waals surface area contributed by atoms with Gasteiger partial charge in [-0.05, 0) is 22.3 Å². The number of hydrogen-bond donors (Lipinski definition) is 1. The molecule has 9 heteroatoms. The summed E-state index contributed by atoms with van der Waals surface area (Å²) in [6, 6.07) is 14.4. The number of alkyl halides is 3. The molecule has 0 saturated heterocycles. The zero-order valence-corrected chi connectivity index (χ0v) is 26.1. The van der Waals surface area contributed by atoms with Gasteiger partial charge in [0.25, 0.3) is 0 Å². The zero-order chi connectivity index (χ0) is 28.4. The van der Waals surface area contributed by atoms with Crippen molar-refractivity contribution >= 4 is 38.1 Å². The van der Waals surface area contributed by atoms with Gasteiger partial charge in [-0.15, -0.1) is 40.5 Å². The van der Waals surface area contributed by atoms with Gasteiger partial charge in [-0.3, -0.25) is 9.78 Å². The van der Waals surface area contributed by atoms with E-state index in [9.17, 15) is 18.0 Å². The normalized spacial score (nSPS) is 12.5. The van der Waals surface area contributed by atoms with Crippen LogP contribution in [0.25, 0.3) is 32.2 Å². The maximum Gasteiger partial charge on any atom is 0.448 e. The molecule has 2 aromatic heterocycles. The fourth-order valence-corrected chi connectivity index (χ4v) is 5.02. The van der Waals surface area contributed by atoms with Gasteiger partial charge in [-0.25, -0.2) is 4.98 Å². The number of carbonyl (C=O) groups is 1. The van der Waals surface area contributed by atoms with Crippen LogP contribution in [-0.2, 0) is 30.3 Å². The monoisotopic (exact) mass is 734 g/mol. The van der Waals surface area contributed by atoms with E-state index in [0.29, 0.717) is 5.92 Å². The summed E-state index contributed by atoms with van der Waals surface area (Å²) in [4.78, 5) is 19.9. The Hall–Kier alpha value is -2.61. The van der Waals surface area contributed by atoms with Crippen molar-refractivity contribution in [2.45, 2.75) is 66.0 Å². The minimum absolute atomic E-state index is 0. The summed E-state index contributed by atoms with van der Waals surface area (Å²) < 4.78 is 36.0. The van der Waals surface area contributed by atoms with Gasteiger partial charge in [0, 0.05) is 42.5 Å². The molecule has 0 bridgehead atoms. The Bertz CT molecular complexity index is 1490. The molecule has 0 amide bonds. The van der Waals surface area contributed by atoms with E-state index in [2.05, 4.69) is 86.4 Å². The van der Waals surface area contributed by atoms with Gasteiger partial charge in [0.15, 0.2) is 5.78 Å². The number of aromatic nitrogens is 2. The first-order valence-electron chi connectivity index (χ1n) is 12.3. The molecule has 0 atom stereocenters. The molecule has 2 heterocycles. The molecule has 0 unspecified atom stereocenters. The number of fused-ring (bicyclic) bond motifs is 2. The third-order valence-electron chi connectivity index (χ3n) is 5.98. The molecule has 4 aromatic rings. The average molecular weight is 734 g/mol. The molecule has 2 aromatic carbocycles. The molecule has 1 radical (unpaired) electrons. The number of thiophene rings is 1. The summed E-state index contributed by atoms with van der Waals surface area (Å²) in [5.74, 6) is -2.68. The van der Waals surface area contributed by atoms with Crippen molar-refractivity contribution < 1.29 is 43.2 Å². The van der Waals surface area contributed by atoms with E-state index >= 15 is 0 Å². The Labute approximate surface area is 244 Å². The molecule has 1 N–H and O–H groups in total. The van der Waals surface area contributed by atoms with E-state index in [4.69, 9.17) is 5.11 Å². The van der Waals surface area contributed by atoms with Crippen LogP contribution in [0.4, 0.5) is 13.2 Å². The Morgan fingerprint density at radius 3 is 2.28 bits per heavy atom. The van der Waals surface area contributed by atoms with Crippen molar-refractivity contribution in [2.24, 2.45) is 5.92 Å². The van der Waals surface area contributed by atoms with Crippen LogP contribution in [0.5, 0.6) is 0 Å². The maximum absolute atomic E-state index is 11.6. The second-order valence-corrected chi connectivity index (χ2v) is 11.6. The van der Waals surface area contributed by atoms with Crippen LogP contribution in [0.1, 0.15) is 65.5 Å². The molecule has 0 aliphatic heterocycles. The van der Waals surface area contributed by atoms with Gasteiger partial charge in [-0.1, -0.05) is 77.6 Å². The van der Waals surface area contributed by atoms with Gasteiger partial charge >= 0.3 is 6.18 Å². The quantitative estimate of drug-likeness (QED) is 0.129.